The number of nitro benzene ring substituents is 1. The molecule has 1 aromatic rings. The highest BCUT2D eigenvalue weighted by Gasteiger charge is 2.18. The van der Waals surface area contributed by atoms with Gasteiger partial charge in [-0.25, -0.2) is 4.79 Å². The molecular formula is C20H25NO10. The third-order valence-corrected chi connectivity index (χ3v) is 3.42. The number of hydrogen-bond donors (Lipinski definition) is 0. The second-order valence-electron chi connectivity index (χ2n) is 7.34. The van der Waals surface area contributed by atoms with Crippen LogP contribution in [0.3, 0.4) is 0 Å². The van der Waals surface area contributed by atoms with E-state index in [9.17, 15) is 29.3 Å². The molecule has 1 aromatic carbocycles. The minimum Gasteiger partial charge on any atom is -0.460 e. The van der Waals surface area contributed by atoms with E-state index in [0.29, 0.717) is 0 Å². The Kier molecular flexibility index (Phi) is 10.1. The fourth-order valence-corrected chi connectivity index (χ4v) is 2.09. The highest BCUT2D eigenvalue weighted by Crippen LogP contribution is 2.17. The van der Waals surface area contributed by atoms with Gasteiger partial charge in [0.25, 0.3) is 5.69 Å². The fraction of sp³-hybridized carbons (Fsp3) is 0.500. The Bertz CT molecular complexity index is 795. The summed E-state index contributed by atoms with van der Waals surface area (Å²) < 4.78 is 19.5. The summed E-state index contributed by atoms with van der Waals surface area (Å²) in [6, 6.07) is 4.85. The van der Waals surface area contributed by atoms with Gasteiger partial charge < -0.3 is 18.9 Å². The summed E-state index contributed by atoms with van der Waals surface area (Å²) in [7, 11) is 0. The number of non-ortho nitro benzene ring substituents is 1. The number of carbonyl (C=O) groups is 4. The van der Waals surface area contributed by atoms with Crippen LogP contribution in [-0.2, 0) is 28.6 Å². The number of nitrogens with zero attached hydrogens (tertiary/aromatic N) is 1. The van der Waals surface area contributed by atoms with Gasteiger partial charge >= 0.3 is 18.1 Å². The van der Waals surface area contributed by atoms with Crippen LogP contribution in [0.15, 0.2) is 24.3 Å². The minimum absolute atomic E-state index is 0.00412. The van der Waals surface area contributed by atoms with Crippen LogP contribution in [0, 0.1) is 10.1 Å². The lowest BCUT2D eigenvalue weighted by molar-refractivity contribution is -0.384. The number of rotatable bonds is 11. The van der Waals surface area contributed by atoms with Crippen LogP contribution in [0.4, 0.5) is 10.5 Å². The van der Waals surface area contributed by atoms with Crippen molar-refractivity contribution < 1.29 is 43.0 Å². The van der Waals surface area contributed by atoms with E-state index < -0.39 is 35.2 Å². The molecule has 0 saturated heterocycles. The van der Waals surface area contributed by atoms with Gasteiger partial charge in [0.05, 0.1) is 24.4 Å². The van der Waals surface area contributed by atoms with E-state index in [1.54, 1.807) is 20.8 Å². The van der Waals surface area contributed by atoms with Gasteiger partial charge in [0.1, 0.15) is 18.0 Å². The Morgan fingerprint density at radius 3 is 2.13 bits per heavy atom. The first-order valence-electron chi connectivity index (χ1n) is 9.44. The molecule has 170 valence electrons. The molecule has 0 radical (unpaired) electrons. The van der Waals surface area contributed by atoms with Gasteiger partial charge in [0.15, 0.2) is 5.78 Å². The lowest BCUT2D eigenvalue weighted by Gasteiger charge is -2.19. The maximum atomic E-state index is 11.7. The summed E-state index contributed by atoms with van der Waals surface area (Å²) in [6.07, 6.45) is -1.17. The first-order valence-corrected chi connectivity index (χ1v) is 9.44. The van der Waals surface area contributed by atoms with Crippen molar-refractivity contribution in [1.82, 2.24) is 0 Å². The van der Waals surface area contributed by atoms with Crippen LogP contribution >= 0.6 is 0 Å². The van der Waals surface area contributed by atoms with Crippen molar-refractivity contribution >= 4 is 29.6 Å². The van der Waals surface area contributed by atoms with E-state index in [4.69, 9.17) is 18.9 Å². The van der Waals surface area contributed by atoms with Crippen LogP contribution < -0.4 is 4.74 Å². The quantitative estimate of drug-likeness (QED) is 0.126. The molecule has 11 nitrogen and oxygen atoms in total. The summed E-state index contributed by atoms with van der Waals surface area (Å²) in [5.74, 6) is -1.53. The third kappa shape index (κ3) is 11.9. The Balaban J connectivity index is 2.15. The van der Waals surface area contributed by atoms with Crippen molar-refractivity contribution in [2.75, 3.05) is 13.2 Å². The molecule has 31 heavy (non-hydrogen) atoms. The SMILES string of the molecule is CC(C)(C)OC(=O)CCC(=O)OCC(=O)CCCOC(=O)Oc1ccc([N+](=O)[O-])cc1. The molecule has 0 heterocycles. The Labute approximate surface area is 178 Å². The summed E-state index contributed by atoms with van der Waals surface area (Å²) in [5.41, 5.74) is -0.794. The molecule has 0 saturated carbocycles. The van der Waals surface area contributed by atoms with Crippen LogP contribution in [0.25, 0.3) is 0 Å². The summed E-state index contributed by atoms with van der Waals surface area (Å²) in [5, 5.41) is 10.6. The molecule has 11 heteroatoms. The lowest BCUT2D eigenvalue weighted by Crippen LogP contribution is -2.24. The number of esters is 2. The molecule has 0 aliphatic heterocycles. The van der Waals surface area contributed by atoms with Crippen LogP contribution in [-0.4, -0.2) is 47.6 Å². The zero-order valence-corrected chi connectivity index (χ0v) is 17.6. The lowest BCUT2D eigenvalue weighted by atomic mass is 10.2. The minimum atomic E-state index is -1.02. The maximum Gasteiger partial charge on any atom is 0.513 e. The van der Waals surface area contributed by atoms with E-state index in [0.717, 1.165) is 0 Å². The van der Waals surface area contributed by atoms with Gasteiger partial charge in [0, 0.05) is 18.6 Å². The van der Waals surface area contributed by atoms with Gasteiger partial charge in [-0.05, 0) is 39.3 Å². The number of carbonyl (C=O) groups excluding carboxylic acids is 4. The van der Waals surface area contributed by atoms with Crippen molar-refractivity contribution in [3.63, 3.8) is 0 Å². The number of nitro groups is 1. The molecule has 0 aromatic heterocycles. The number of ketones is 1. The van der Waals surface area contributed by atoms with E-state index in [1.807, 2.05) is 0 Å². The highest BCUT2D eigenvalue weighted by molar-refractivity contribution is 5.83. The first-order chi connectivity index (χ1) is 14.5. The predicted octanol–water partition coefficient (Wildman–Crippen LogP) is 3.12. The van der Waals surface area contributed by atoms with Crippen molar-refractivity contribution in [2.24, 2.45) is 0 Å². The number of Topliss-reactive ketones (excluding diaryl/α,β-unsaturated/α-hetero) is 1. The van der Waals surface area contributed by atoms with Crippen molar-refractivity contribution in [3.05, 3.63) is 34.4 Å². The van der Waals surface area contributed by atoms with Crippen molar-refractivity contribution in [2.45, 2.75) is 52.1 Å². The largest absolute Gasteiger partial charge is 0.513 e. The predicted molar refractivity (Wildman–Crippen MR) is 105 cm³/mol. The normalized spacial score (nSPS) is 10.7. The van der Waals surface area contributed by atoms with E-state index in [-0.39, 0.29) is 49.5 Å². The van der Waals surface area contributed by atoms with Gasteiger partial charge in [-0.1, -0.05) is 0 Å². The Hall–Kier alpha value is -3.50. The maximum absolute atomic E-state index is 11.7. The molecule has 0 fully saturated rings. The summed E-state index contributed by atoms with van der Waals surface area (Å²) >= 11 is 0. The molecule has 0 bridgehead atoms. The average Bonchev–Trinajstić information content (AvgIpc) is 2.67. The average molecular weight is 439 g/mol. The summed E-state index contributed by atoms with van der Waals surface area (Å²) in [6.45, 7) is 4.58. The van der Waals surface area contributed by atoms with E-state index in [1.165, 1.54) is 24.3 Å². The molecule has 0 amide bonds. The van der Waals surface area contributed by atoms with Crippen molar-refractivity contribution in [3.8, 4) is 5.75 Å². The zero-order chi connectivity index (χ0) is 23.4. The molecule has 0 unspecified atom stereocenters. The topological polar surface area (TPSA) is 148 Å². The van der Waals surface area contributed by atoms with E-state index >= 15 is 0 Å². The number of benzene rings is 1. The summed E-state index contributed by atoms with van der Waals surface area (Å²) in [4.78, 5) is 56.3. The molecular weight excluding hydrogens is 414 g/mol. The molecule has 0 aliphatic carbocycles. The highest BCUT2D eigenvalue weighted by atomic mass is 16.7. The number of hydrogen-bond acceptors (Lipinski definition) is 10. The van der Waals surface area contributed by atoms with Gasteiger partial charge in [0.2, 0.25) is 0 Å². The molecule has 0 spiro atoms. The molecule has 0 aliphatic rings. The van der Waals surface area contributed by atoms with Crippen LogP contribution in [0.2, 0.25) is 0 Å². The molecule has 0 atom stereocenters. The zero-order valence-electron chi connectivity index (χ0n) is 17.6. The fourth-order valence-electron chi connectivity index (χ4n) is 2.09. The third-order valence-electron chi connectivity index (χ3n) is 3.42. The molecule has 0 N–H and O–H groups in total. The van der Waals surface area contributed by atoms with Crippen LogP contribution in [0.5, 0.6) is 5.75 Å². The monoisotopic (exact) mass is 439 g/mol. The second kappa shape index (κ2) is 12.3. The Morgan fingerprint density at radius 1 is 0.935 bits per heavy atom. The second-order valence-corrected chi connectivity index (χ2v) is 7.34. The van der Waals surface area contributed by atoms with Crippen molar-refractivity contribution in [1.29, 1.82) is 0 Å². The Morgan fingerprint density at radius 2 is 1.55 bits per heavy atom. The van der Waals surface area contributed by atoms with E-state index in [2.05, 4.69) is 0 Å². The first kappa shape index (κ1) is 25.5. The van der Waals surface area contributed by atoms with Gasteiger partial charge in [-0.3, -0.25) is 24.5 Å². The van der Waals surface area contributed by atoms with Gasteiger partial charge in [-0.15, -0.1) is 0 Å². The van der Waals surface area contributed by atoms with Gasteiger partial charge in [-0.2, -0.15) is 0 Å². The standard InChI is InChI=1S/C20H25NO10/c1-20(2,3)31-18(24)11-10-17(23)29-13-15(22)5-4-12-28-19(25)30-16-8-6-14(7-9-16)21(26)27/h6-9H,4-5,10-13H2,1-3H3. The molecule has 1 rings (SSSR count). The van der Waals surface area contributed by atoms with Crippen LogP contribution in [0.1, 0.15) is 46.5 Å². The smallest absolute Gasteiger partial charge is 0.460 e. The number of ether oxygens (including phenoxy) is 4.